The summed E-state index contributed by atoms with van der Waals surface area (Å²) in [4.78, 5) is 18.3. The maximum absolute atomic E-state index is 13.5. The first kappa shape index (κ1) is 20.4. The maximum Gasteiger partial charge on any atom is 0.322 e. The lowest BCUT2D eigenvalue weighted by Crippen LogP contribution is -2.42. The van der Waals surface area contributed by atoms with Crippen molar-refractivity contribution in [3.63, 3.8) is 0 Å². The van der Waals surface area contributed by atoms with Gasteiger partial charge in [0.25, 0.3) is 0 Å². The minimum absolute atomic E-state index is 0.0780. The molecule has 4 nitrogen and oxygen atoms in total. The highest BCUT2D eigenvalue weighted by Gasteiger charge is 2.36. The van der Waals surface area contributed by atoms with E-state index < -0.39 is 0 Å². The Bertz CT molecular complexity index is 1110. The molecule has 0 unspecified atom stereocenters. The fourth-order valence-electron chi connectivity index (χ4n) is 4.80. The number of fused-ring (bicyclic) bond motifs is 3. The number of aryl methyl sites for hydroxylation is 1. The van der Waals surface area contributed by atoms with E-state index in [1.54, 1.807) is 30.9 Å². The predicted molar refractivity (Wildman–Crippen MR) is 127 cm³/mol. The SMILES string of the molecule is COc1ccc(Cl)cc1NC(=O)N1CCc2c(sc3c2CCCC3)[C@@H]1c1ccccc1. The lowest BCUT2D eigenvalue weighted by molar-refractivity contribution is 0.195. The molecule has 31 heavy (non-hydrogen) atoms. The molecule has 0 bridgehead atoms. The number of rotatable bonds is 3. The van der Waals surface area contributed by atoms with Crippen LogP contribution < -0.4 is 10.1 Å². The average Bonchev–Trinajstić information content (AvgIpc) is 3.18. The molecule has 6 heteroatoms. The van der Waals surface area contributed by atoms with Crippen LogP contribution in [0.5, 0.6) is 5.75 Å². The van der Waals surface area contributed by atoms with Gasteiger partial charge in [-0.3, -0.25) is 0 Å². The minimum Gasteiger partial charge on any atom is -0.495 e. The molecule has 1 N–H and O–H groups in total. The number of nitrogens with one attached hydrogen (secondary N) is 1. The van der Waals surface area contributed by atoms with Crippen LogP contribution in [0.15, 0.2) is 48.5 Å². The number of urea groups is 1. The van der Waals surface area contributed by atoms with E-state index in [-0.39, 0.29) is 12.1 Å². The van der Waals surface area contributed by atoms with Gasteiger partial charge in [0.05, 0.1) is 18.8 Å². The van der Waals surface area contributed by atoms with Crippen LogP contribution in [0.1, 0.15) is 45.3 Å². The molecule has 0 radical (unpaired) electrons. The Kier molecular flexibility index (Phi) is 5.63. The molecular weight excluding hydrogens is 428 g/mol. The Labute approximate surface area is 191 Å². The molecule has 1 aliphatic heterocycles. The van der Waals surface area contributed by atoms with Crippen molar-refractivity contribution in [3.8, 4) is 5.75 Å². The summed E-state index contributed by atoms with van der Waals surface area (Å²) in [6.45, 7) is 0.685. The van der Waals surface area contributed by atoms with Crippen LogP contribution in [0.3, 0.4) is 0 Å². The number of ether oxygens (including phenoxy) is 1. The van der Waals surface area contributed by atoms with Crippen LogP contribution >= 0.6 is 22.9 Å². The minimum atomic E-state index is -0.133. The van der Waals surface area contributed by atoms with E-state index in [1.807, 2.05) is 34.4 Å². The number of carbonyl (C=O) groups excluding carboxylic acids is 1. The lowest BCUT2D eigenvalue weighted by atomic mass is 9.88. The molecule has 1 aliphatic carbocycles. The summed E-state index contributed by atoms with van der Waals surface area (Å²) < 4.78 is 5.42. The highest BCUT2D eigenvalue weighted by Crippen LogP contribution is 2.45. The van der Waals surface area contributed by atoms with Gasteiger partial charge in [-0.05, 0) is 67.0 Å². The average molecular weight is 453 g/mol. The van der Waals surface area contributed by atoms with Crippen molar-refractivity contribution in [2.24, 2.45) is 0 Å². The molecular formula is C25H25ClN2O2S. The molecule has 2 aliphatic rings. The molecule has 160 valence electrons. The molecule has 2 aromatic carbocycles. The highest BCUT2D eigenvalue weighted by atomic mass is 35.5. The molecule has 1 atom stereocenters. The third-order valence-electron chi connectivity index (χ3n) is 6.25. The number of anilines is 1. The molecule has 0 spiro atoms. The zero-order chi connectivity index (χ0) is 21.4. The number of benzene rings is 2. The molecule has 0 saturated carbocycles. The highest BCUT2D eigenvalue weighted by molar-refractivity contribution is 7.12. The summed E-state index contributed by atoms with van der Waals surface area (Å²) in [7, 11) is 1.59. The first-order chi connectivity index (χ1) is 15.2. The molecule has 1 aromatic heterocycles. The quantitative estimate of drug-likeness (QED) is 0.494. The zero-order valence-electron chi connectivity index (χ0n) is 17.5. The third-order valence-corrected chi connectivity index (χ3v) is 7.88. The van der Waals surface area contributed by atoms with Crippen LogP contribution in [0.25, 0.3) is 0 Å². The van der Waals surface area contributed by atoms with Gasteiger partial charge in [-0.2, -0.15) is 0 Å². The summed E-state index contributed by atoms with van der Waals surface area (Å²) in [6.07, 6.45) is 5.78. The third kappa shape index (κ3) is 3.81. The van der Waals surface area contributed by atoms with Crippen molar-refractivity contribution in [1.29, 1.82) is 0 Å². The van der Waals surface area contributed by atoms with Gasteiger partial charge in [-0.25, -0.2) is 4.79 Å². The lowest BCUT2D eigenvalue weighted by Gasteiger charge is -2.36. The first-order valence-corrected chi connectivity index (χ1v) is 11.9. The van der Waals surface area contributed by atoms with E-state index in [0.29, 0.717) is 23.0 Å². The van der Waals surface area contributed by atoms with E-state index in [1.165, 1.54) is 41.0 Å². The fraction of sp³-hybridized carbons (Fsp3) is 0.320. The van der Waals surface area contributed by atoms with Gasteiger partial charge in [-0.1, -0.05) is 41.9 Å². The Morgan fingerprint density at radius 3 is 2.71 bits per heavy atom. The van der Waals surface area contributed by atoms with E-state index in [9.17, 15) is 4.79 Å². The standard InChI is InChI=1S/C25H25ClN2O2S/c1-30-21-12-11-17(26)15-20(21)27-25(29)28-14-13-19-18-9-5-6-10-22(18)31-24(19)23(28)16-7-3-2-4-8-16/h2-4,7-8,11-12,15,23H,5-6,9-10,13-14H2,1H3,(H,27,29)/t23-/m0/s1. The second-order valence-corrected chi connectivity index (χ2v) is 9.66. The van der Waals surface area contributed by atoms with E-state index >= 15 is 0 Å². The number of methoxy groups -OCH3 is 1. The van der Waals surface area contributed by atoms with Crippen LogP contribution in [-0.2, 0) is 19.3 Å². The number of nitrogens with zero attached hydrogens (tertiary/aromatic N) is 1. The van der Waals surface area contributed by atoms with Crippen LogP contribution in [0, 0.1) is 0 Å². The van der Waals surface area contributed by atoms with Crippen LogP contribution in [0.4, 0.5) is 10.5 Å². The summed E-state index contributed by atoms with van der Waals surface area (Å²) in [6, 6.07) is 15.4. The monoisotopic (exact) mass is 452 g/mol. The van der Waals surface area contributed by atoms with Crippen molar-refractivity contribution < 1.29 is 9.53 Å². The van der Waals surface area contributed by atoms with Gasteiger partial charge in [0, 0.05) is 21.3 Å². The Hall–Kier alpha value is -2.50. The van der Waals surface area contributed by atoms with Gasteiger partial charge in [-0.15, -0.1) is 11.3 Å². The largest absolute Gasteiger partial charge is 0.495 e. The molecule has 2 heterocycles. The number of carbonyl (C=O) groups is 1. The van der Waals surface area contributed by atoms with E-state index in [2.05, 4.69) is 17.4 Å². The number of amides is 2. The van der Waals surface area contributed by atoms with Crippen LogP contribution in [-0.4, -0.2) is 24.6 Å². The predicted octanol–water partition coefficient (Wildman–Crippen LogP) is 6.47. The Morgan fingerprint density at radius 1 is 1.10 bits per heavy atom. The van der Waals surface area contributed by atoms with Gasteiger partial charge < -0.3 is 15.0 Å². The molecule has 0 saturated heterocycles. The molecule has 5 rings (SSSR count). The topological polar surface area (TPSA) is 41.6 Å². The van der Waals surface area contributed by atoms with E-state index in [4.69, 9.17) is 16.3 Å². The normalized spacial score (nSPS) is 17.6. The molecule has 3 aromatic rings. The Morgan fingerprint density at radius 2 is 1.90 bits per heavy atom. The molecule has 2 amide bonds. The summed E-state index contributed by atoms with van der Waals surface area (Å²) >= 11 is 8.08. The van der Waals surface area contributed by atoms with Crippen molar-refractivity contribution in [1.82, 2.24) is 4.90 Å². The van der Waals surface area contributed by atoms with Gasteiger partial charge in [0.15, 0.2) is 0 Å². The number of hydrogen-bond acceptors (Lipinski definition) is 3. The smallest absolute Gasteiger partial charge is 0.322 e. The van der Waals surface area contributed by atoms with Gasteiger partial charge in [0.2, 0.25) is 0 Å². The summed E-state index contributed by atoms with van der Waals surface area (Å²) in [5.74, 6) is 0.596. The number of hydrogen-bond donors (Lipinski definition) is 1. The van der Waals surface area contributed by atoms with Crippen molar-refractivity contribution >= 4 is 34.7 Å². The van der Waals surface area contributed by atoms with Gasteiger partial charge in [0.1, 0.15) is 5.75 Å². The molecule has 0 fully saturated rings. The van der Waals surface area contributed by atoms with E-state index in [0.717, 1.165) is 12.0 Å². The fourth-order valence-corrected chi connectivity index (χ4v) is 6.56. The summed E-state index contributed by atoms with van der Waals surface area (Å²) in [5, 5.41) is 3.60. The first-order valence-electron chi connectivity index (χ1n) is 10.7. The second-order valence-electron chi connectivity index (χ2n) is 8.09. The van der Waals surface area contributed by atoms with Crippen molar-refractivity contribution in [2.75, 3.05) is 19.0 Å². The van der Waals surface area contributed by atoms with Crippen LogP contribution in [0.2, 0.25) is 5.02 Å². The van der Waals surface area contributed by atoms with Gasteiger partial charge >= 0.3 is 6.03 Å². The van der Waals surface area contributed by atoms with Crippen molar-refractivity contribution in [3.05, 3.63) is 80.0 Å². The maximum atomic E-state index is 13.5. The number of halogens is 1. The van der Waals surface area contributed by atoms with Crippen molar-refractivity contribution in [2.45, 2.75) is 38.1 Å². The Balaban J connectivity index is 1.53. The number of thiophene rings is 1. The zero-order valence-corrected chi connectivity index (χ0v) is 19.1. The second kappa shape index (κ2) is 8.56. The summed E-state index contributed by atoms with van der Waals surface area (Å²) in [5.41, 5.74) is 4.78.